The number of hydrogen-bond acceptors (Lipinski definition) is 5. The zero-order chi connectivity index (χ0) is 43.5. The van der Waals surface area contributed by atoms with E-state index in [1.165, 1.54) is 64.2 Å². The third kappa shape index (κ3) is 47.5. The van der Waals surface area contributed by atoms with Gasteiger partial charge in [-0.25, -0.2) is 0 Å². The highest BCUT2D eigenvalue weighted by Crippen LogP contribution is 2.12. The second-order valence-corrected chi connectivity index (χ2v) is 15.9. The van der Waals surface area contributed by atoms with Gasteiger partial charge in [0.15, 0.2) is 6.10 Å². The Morgan fingerprint density at radius 1 is 0.383 bits per heavy atom. The van der Waals surface area contributed by atoms with Crippen LogP contribution in [0.15, 0.2) is 97.2 Å². The Bertz CT molecular complexity index is 1170. The van der Waals surface area contributed by atoms with Crippen LogP contribution in [0.25, 0.3) is 0 Å². The second kappa shape index (κ2) is 50.2. The summed E-state index contributed by atoms with van der Waals surface area (Å²) in [4.78, 5) is 25.3. The average molecular weight is 833 g/mol. The normalized spacial score (nSPS) is 13.1. The zero-order valence-corrected chi connectivity index (χ0v) is 39.2. The maximum atomic E-state index is 12.7. The van der Waals surface area contributed by atoms with Crippen molar-refractivity contribution in [2.45, 2.75) is 219 Å². The van der Waals surface area contributed by atoms with E-state index in [9.17, 15) is 9.59 Å². The first kappa shape index (κ1) is 56.8. The Morgan fingerprint density at radius 2 is 0.750 bits per heavy atom. The van der Waals surface area contributed by atoms with Gasteiger partial charge in [-0.05, 0) is 109 Å². The summed E-state index contributed by atoms with van der Waals surface area (Å²) in [5.74, 6) is -0.444. The number of ether oxygens (including phenoxy) is 3. The van der Waals surface area contributed by atoms with Crippen molar-refractivity contribution in [1.29, 1.82) is 0 Å². The molecule has 0 saturated heterocycles. The first-order chi connectivity index (χ1) is 29.6. The zero-order valence-electron chi connectivity index (χ0n) is 39.2. The molecule has 0 spiro atoms. The van der Waals surface area contributed by atoms with Crippen LogP contribution < -0.4 is 0 Å². The number of carbonyl (C=O) groups excluding carboxylic acids is 2. The fourth-order valence-corrected chi connectivity index (χ4v) is 6.44. The number of unbranched alkanes of at least 4 members (excludes halogenated alkanes) is 17. The molecule has 0 fully saturated rings. The van der Waals surface area contributed by atoms with Crippen LogP contribution in [0.4, 0.5) is 0 Å². The van der Waals surface area contributed by atoms with Gasteiger partial charge in [-0.2, -0.15) is 0 Å². The molecule has 0 aromatic rings. The van der Waals surface area contributed by atoms with Crippen molar-refractivity contribution in [1.82, 2.24) is 0 Å². The van der Waals surface area contributed by atoms with E-state index < -0.39 is 6.10 Å². The molecule has 0 aliphatic heterocycles. The minimum atomic E-state index is -0.562. The van der Waals surface area contributed by atoms with Crippen molar-refractivity contribution in [3.63, 3.8) is 0 Å². The Morgan fingerprint density at radius 3 is 1.22 bits per heavy atom. The first-order valence-corrected chi connectivity index (χ1v) is 24.8. The SMILES string of the molecule is CC/C=C\C/C=C\C/C=C\C/C=C\CCCCCCCOCC(COC(=O)CCCCCCC/C=C\C/C=C\C/C=C\CC)OC(=O)CCCCCCC/C=C\CCCC. The molecule has 1 atom stereocenters. The van der Waals surface area contributed by atoms with E-state index in [4.69, 9.17) is 14.2 Å². The summed E-state index contributed by atoms with van der Waals surface area (Å²) in [6.45, 7) is 7.49. The smallest absolute Gasteiger partial charge is 0.306 e. The van der Waals surface area contributed by atoms with Crippen LogP contribution in [0.5, 0.6) is 0 Å². The molecule has 0 N–H and O–H groups in total. The van der Waals surface area contributed by atoms with Crippen LogP contribution in [-0.2, 0) is 23.8 Å². The Balaban J connectivity index is 4.33. The fraction of sp³-hybridized carbons (Fsp3) is 0.673. The number of allylic oxidation sites excluding steroid dienone is 16. The number of rotatable bonds is 44. The lowest BCUT2D eigenvalue weighted by Crippen LogP contribution is -2.30. The molecule has 0 amide bonds. The topological polar surface area (TPSA) is 61.8 Å². The third-order valence-electron chi connectivity index (χ3n) is 10.1. The van der Waals surface area contributed by atoms with E-state index in [1.807, 2.05) is 0 Å². The lowest BCUT2D eigenvalue weighted by Gasteiger charge is -2.18. The van der Waals surface area contributed by atoms with E-state index in [0.717, 1.165) is 116 Å². The minimum absolute atomic E-state index is 0.0601. The van der Waals surface area contributed by atoms with Gasteiger partial charge in [0, 0.05) is 19.4 Å². The largest absolute Gasteiger partial charge is 0.462 e. The van der Waals surface area contributed by atoms with Crippen LogP contribution >= 0.6 is 0 Å². The van der Waals surface area contributed by atoms with Crippen molar-refractivity contribution in [2.24, 2.45) is 0 Å². The number of esters is 2. The molecule has 60 heavy (non-hydrogen) atoms. The Labute approximate surface area is 371 Å². The Hall–Kier alpha value is -3.18. The second-order valence-electron chi connectivity index (χ2n) is 15.9. The number of carbonyl (C=O) groups is 2. The van der Waals surface area contributed by atoms with Gasteiger partial charge < -0.3 is 14.2 Å². The monoisotopic (exact) mass is 833 g/mol. The standard InChI is InChI=1S/C55H92O5/c1-4-7-10-13-16-19-22-24-26-27-28-30-32-35-38-41-44-47-50-58-51-53(60-55(57)49-46-43-40-37-33-21-18-15-12-9-6-3)52-59-54(56)48-45-42-39-36-34-31-29-25-23-20-17-14-11-8-5-2/h7-8,10-11,15-20,24-26,28-30,53H,4-6,9,12-14,21-23,27,31-52H2,1-3H3/b10-7-,11-8-,18-15-,19-16-,20-17-,26-24-,29-25-,30-28-. The van der Waals surface area contributed by atoms with Crippen molar-refractivity contribution in [3.05, 3.63) is 97.2 Å². The quantitative estimate of drug-likeness (QED) is 0.0348. The molecule has 0 aromatic carbocycles. The van der Waals surface area contributed by atoms with Crippen LogP contribution in [0.3, 0.4) is 0 Å². The van der Waals surface area contributed by atoms with Gasteiger partial charge in [0.1, 0.15) is 6.61 Å². The summed E-state index contributed by atoms with van der Waals surface area (Å²) in [5.41, 5.74) is 0. The van der Waals surface area contributed by atoms with Crippen LogP contribution in [-0.4, -0.2) is 37.9 Å². The van der Waals surface area contributed by atoms with Gasteiger partial charge in [-0.15, -0.1) is 0 Å². The maximum absolute atomic E-state index is 12.7. The van der Waals surface area contributed by atoms with E-state index >= 15 is 0 Å². The molecule has 342 valence electrons. The molecule has 5 heteroatoms. The van der Waals surface area contributed by atoms with Gasteiger partial charge in [-0.1, -0.05) is 189 Å². The van der Waals surface area contributed by atoms with E-state index in [0.29, 0.717) is 19.4 Å². The van der Waals surface area contributed by atoms with Gasteiger partial charge in [0.25, 0.3) is 0 Å². The highest BCUT2D eigenvalue weighted by atomic mass is 16.6. The molecule has 0 aromatic heterocycles. The molecule has 0 bridgehead atoms. The van der Waals surface area contributed by atoms with Crippen LogP contribution in [0, 0.1) is 0 Å². The molecule has 0 radical (unpaired) electrons. The molecular formula is C55H92O5. The highest BCUT2D eigenvalue weighted by molar-refractivity contribution is 5.70. The van der Waals surface area contributed by atoms with Gasteiger partial charge in [0.05, 0.1) is 6.61 Å². The summed E-state index contributed by atoms with van der Waals surface area (Å²) in [7, 11) is 0. The summed E-state index contributed by atoms with van der Waals surface area (Å²) >= 11 is 0. The van der Waals surface area contributed by atoms with Crippen LogP contribution in [0.2, 0.25) is 0 Å². The van der Waals surface area contributed by atoms with E-state index in [1.54, 1.807) is 0 Å². The first-order valence-electron chi connectivity index (χ1n) is 24.8. The van der Waals surface area contributed by atoms with Gasteiger partial charge in [0.2, 0.25) is 0 Å². The molecular weight excluding hydrogens is 741 g/mol. The molecule has 1 unspecified atom stereocenters. The molecule has 5 nitrogen and oxygen atoms in total. The minimum Gasteiger partial charge on any atom is -0.462 e. The lowest BCUT2D eigenvalue weighted by atomic mass is 10.1. The van der Waals surface area contributed by atoms with Crippen molar-refractivity contribution in [3.8, 4) is 0 Å². The molecule has 0 rings (SSSR count). The average Bonchev–Trinajstić information content (AvgIpc) is 3.25. The van der Waals surface area contributed by atoms with Gasteiger partial charge in [-0.3, -0.25) is 9.59 Å². The van der Waals surface area contributed by atoms with Gasteiger partial charge >= 0.3 is 11.9 Å². The summed E-state index contributed by atoms with van der Waals surface area (Å²) in [5, 5.41) is 0. The van der Waals surface area contributed by atoms with E-state index in [2.05, 4.69) is 118 Å². The van der Waals surface area contributed by atoms with Crippen molar-refractivity contribution < 1.29 is 23.8 Å². The summed E-state index contributed by atoms with van der Waals surface area (Å²) in [6, 6.07) is 0. The van der Waals surface area contributed by atoms with Crippen molar-refractivity contribution >= 4 is 11.9 Å². The highest BCUT2D eigenvalue weighted by Gasteiger charge is 2.17. The molecule has 0 heterocycles. The maximum Gasteiger partial charge on any atom is 0.306 e. The van der Waals surface area contributed by atoms with Crippen molar-refractivity contribution in [2.75, 3.05) is 19.8 Å². The third-order valence-corrected chi connectivity index (χ3v) is 10.1. The molecule has 0 saturated carbocycles. The molecule has 0 aliphatic rings. The summed E-state index contributed by atoms with van der Waals surface area (Å²) in [6.07, 6.45) is 67.0. The summed E-state index contributed by atoms with van der Waals surface area (Å²) < 4.78 is 17.3. The predicted molar refractivity (Wildman–Crippen MR) is 260 cm³/mol. The lowest BCUT2D eigenvalue weighted by molar-refractivity contribution is -0.163. The van der Waals surface area contributed by atoms with E-state index in [-0.39, 0.29) is 25.2 Å². The van der Waals surface area contributed by atoms with Crippen LogP contribution in [0.1, 0.15) is 213 Å². The Kier molecular flexibility index (Phi) is 47.5. The predicted octanol–water partition coefficient (Wildman–Crippen LogP) is 16.7. The number of hydrogen-bond donors (Lipinski definition) is 0. The fourth-order valence-electron chi connectivity index (χ4n) is 6.44. The molecule has 0 aliphatic carbocycles.